The van der Waals surface area contributed by atoms with Gasteiger partial charge in [-0.1, -0.05) is 41.5 Å². The summed E-state index contributed by atoms with van der Waals surface area (Å²) in [5.41, 5.74) is 0.0794. The van der Waals surface area contributed by atoms with E-state index in [2.05, 4.69) is 20.8 Å². The molecule has 0 aromatic heterocycles. The number of carbonyl (C=O) groups is 1. The van der Waals surface area contributed by atoms with Gasteiger partial charge in [-0.3, -0.25) is 4.79 Å². The summed E-state index contributed by atoms with van der Waals surface area (Å²) in [6, 6.07) is 0. The van der Waals surface area contributed by atoms with Crippen molar-refractivity contribution in [3.8, 4) is 0 Å². The highest BCUT2D eigenvalue weighted by Crippen LogP contribution is 2.33. The van der Waals surface area contributed by atoms with Crippen LogP contribution >= 0.6 is 0 Å². The first-order valence-corrected chi connectivity index (χ1v) is 5.27. The Morgan fingerprint density at radius 1 is 1.14 bits per heavy atom. The molecule has 0 radical (unpaired) electrons. The highest BCUT2D eigenvalue weighted by molar-refractivity contribution is 5.70. The number of hydrogen-bond donors (Lipinski definition) is 1. The van der Waals surface area contributed by atoms with E-state index >= 15 is 0 Å². The molecule has 0 aliphatic rings. The van der Waals surface area contributed by atoms with Crippen LogP contribution in [0.5, 0.6) is 0 Å². The smallest absolute Gasteiger partial charge is 0.307 e. The minimum absolute atomic E-state index is 0.142. The molecule has 2 nitrogen and oxygen atoms in total. The summed E-state index contributed by atoms with van der Waals surface area (Å²) in [6.07, 6.45) is 1.73. The summed E-state index contributed by atoms with van der Waals surface area (Å²) in [5.74, 6) is -0.900. The quantitative estimate of drug-likeness (QED) is 0.756. The third kappa shape index (κ3) is 5.25. The van der Waals surface area contributed by atoms with Crippen LogP contribution in [0.2, 0.25) is 0 Å². The van der Waals surface area contributed by atoms with Crippen molar-refractivity contribution in [1.82, 2.24) is 0 Å². The predicted octanol–water partition coefficient (Wildman–Crippen LogP) is 3.56. The van der Waals surface area contributed by atoms with Gasteiger partial charge in [0.1, 0.15) is 0 Å². The molecular weight excluding hydrogens is 176 g/mol. The van der Waals surface area contributed by atoms with Crippen molar-refractivity contribution in [2.24, 2.45) is 16.7 Å². The van der Waals surface area contributed by atoms with E-state index in [9.17, 15) is 4.79 Å². The van der Waals surface area contributed by atoms with Gasteiger partial charge in [-0.25, -0.2) is 0 Å². The molecule has 2 heteroatoms. The SMILES string of the molecule is CC(C)(C)CCC(C(=O)O)C(C)(C)C. The summed E-state index contributed by atoms with van der Waals surface area (Å²) in [4.78, 5) is 11.1. The standard InChI is InChI=1S/C12H24O2/c1-11(2,3)8-7-9(10(13)14)12(4,5)6/h9H,7-8H2,1-6H3,(H,13,14). The Labute approximate surface area is 87.7 Å². The third-order valence-corrected chi connectivity index (χ3v) is 2.53. The van der Waals surface area contributed by atoms with Crippen molar-refractivity contribution in [1.29, 1.82) is 0 Å². The van der Waals surface area contributed by atoms with E-state index in [1.807, 2.05) is 20.8 Å². The zero-order valence-corrected chi connectivity index (χ0v) is 10.3. The lowest BCUT2D eigenvalue weighted by molar-refractivity contribution is -0.146. The fraction of sp³-hybridized carbons (Fsp3) is 0.917. The van der Waals surface area contributed by atoms with Crippen LogP contribution in [-0.2, 0) is 4.79 Å². The average molecular weight is 200 g/mol. The highest BCUT2D eigenvalue weighted by atomic mass is 16.4. The lowest BCUT2D eigenvalue weighted by Crippen LogP contribution is -2.29. The minimum atomic E-state index is -0.665. The lowest BCUT2D eigenvalue weighted by atomic mass is 9.75. The molecule has 0 aromatic carbocycles. The molecule has 0 fully saturated rings. The number of hydrogen-bond acceptors (Lipinski definition) is 1. The molecule has 1 atom stereocenters. The van der Waals surface area contributed by atoms with Gasteiger partial charge < -0.3 is 5.11 Å². The Balaban J connectivity index is 4.35. The zero-order chi connectivity index (χ0) is 11.6. The number of rotatable bonds is 3. The second kappa shape index (κ2) is 4.33. The van der Waals surface area contributed by atoms with Gasteiger partial charge in [-0.2, -0.15) is 0 Å². The van der Waals surface area contributed by atoms with Crippen LogP contribution in [-0.4, -0.2) is 11.1 Å². The predicted molar refractivity (Wildman–Crippen MR) is 59.3 cm³/mol. The maximum Gasteiger partial charge on any atom is 0.307 e. The Hall–Kier alpha value is -0.530. The largest absolute Gasteiger partial charge is 0.481 e. The Bertz CT molecular complexity index is 193. The molecule has 0 amide bonds. The van der Waals surface area contributed by atoms with E-state index in [-0.39, 0.29) is 16.7 Å². The second-order valence-electron chi connectivity index (χ2n) is 6.36. The average Bonchev–Trinajstić information content (AvgIpc) is 1.79. The van der Waals surface area contributed by atoms with Gasteiger partial charge in [0.15, 0.2) is 0 Å². The Morgan fingerprint density at radius 2 is 1.57 bits per heavy atom. The Morgan fingerprint density at radius 3 is 1.79 bits per heavy atom. The molecule has 0 aliphatic carbocycles. The van der Waals surface area contributed by atoms with Crippen LogP contribution in [0.3, 0.4) is 0 Å². The molecule has 1 unspecified atom stereocenters. The van der Waals surface area contributed by atoms with Crippen LogP contribution in [0, 0.1) is 16.7 Å². The molecule has 14 heavy (non-hydrogen) atoms. The van der Waals surface area contributed by atoms with Crippen LogP contribution in [0.15, 0.2) is 0 Å². The third-order valence-electron chi connectivity index (χ3n) is 2.53. The van der Waals surface area contributed by atoms with Gasteiger partial charge in [-0.05, 0) is 23.7 Å². The summed E-state index contributed by atoms with van der Waals surface area (Å²) in [7, 11) is 0. The fourth-order valence-electron chi connectivity index (χ4n) is 1.50. The number of carboxylic acids is 1. The molecule has 0 saturated carbocycles. The van der Waals surface area contributed by atoms with Crippen molar-refractivity contribution in [3.63, 3.8) is 0 Å². The van der Waals surface area contributed by atoms with Gasteiger partial charge in [-0.15, -0.1) is 0 Å². The summed E-state index contributed by atoms with van der Waals surface area (Å²) >= 11 is 0. The monoisotopic (exact) mass is 200 g/mol. The normalized spacial score (nSPS) is 15.3. The molecule has 1 N–H and O–H groups in total. The van der Waals surface area contributed by atoms with E-state index in [1.165, 1.54) is 0 Å². The van der Waals surface area contributed by atoms with Crippen molar-refractivity contribution in [2.75, 3.05) is 0 Å². The van der Waals surface area contributed by atoms with E-state index in [4.69, 9.17) is 5.11 Å². The topological polar surface area (TPSA) is 37.3 Å². The fourth-order valence-corrected chi connectivity index (χ4v) is 1.50. The number of carboxylic acid groups (broad SMARTS) is 1. The first-order valence-electron chi connectivity index (χ1n) is 5.27. The molecule has 0 saturated heterocycles. The summed E-state index contributed by atoms with van der Waals surface area (Å²) < 4.78 is 0. The van der Waals surface area contributed by atoms with Gasteiger partial charge in [0.25, 0.3) is 0 Å². The molecule has 84 valence electrons. The van der Waals surface area contributed by atoms with E-state index in [0.717, 1.165) is 12.8 Å². The minimum Gasteiger partial charge on any atom is -0.481 e. The van der Waals surface area contributed by atoms with Crippen LogP contribution in [0.25, 0.3) is 0 Å². The van der Waals surface area contributed by atoms with Crippen LogP contribution in [0.4, 0.5) is 0 Å². The highest BCUT2D eigenvalue weighted by Gasteiger charge is 2.31. The summed E-state index contributed by atoms with van der Waals surface area (Å²) in [6.45, 7) is 12.4. The van der Waals surface area contributed by atoms with Gasteiger partial charge in [0.05, 0.1) is 5.92 Å². The van der Waals surface area contributed by atoms with Crippen LogP contribution < -0.4 is 0 Å². The van der Waals surface area contributed by atoms with Crippen molar-refractivity contribution < 1.29 is 9.90 Å². The molecule has 0 spiro atoms. The lowest BCUT2D eigenvalue weighted by Gasteiger charge is -2.29. The Kier molecular flexibility index (Phi) is 4.16. The van der Waals surface area contributed by atoms with E-state index < -0.39 is 5.97 Å². The van der Waals surface area contributed by atoms with E-state index in [1.54, 1.807) is 0 Å². The van der Waals surface area contributed by atoms with Crippen molar-refractivity contribution in [3.05, 3.63) is 0 Å². The van der Waals surface area contributed by atoms with Crippen molar-refractivity contribution >= 4 is 5.97 Å². The van der Waals surface area contributed by atoms with Crippen molar-refractivity contribution in [2.45, 2.75) is 54.4 Å². The maximum atomic E-state index is 11.1. The van der Waals surface area contributed by atoms with E-state index in [0.29, 0.717) is 0 Å². The molecule has 0 heterocycles. The molecule has 0 aliphatic heterocycles. The maximum absolute atomic E-state index is 11.1. The van der Waals surface area contributed by atoms with Gasteiger partial charge in [0, 0.05) is 0 Å². The van der Waals surface area contributed by atoms with Gasteiger partial charge >= 0.3 is 5.97 Å². The molecule has 0 aromatic rings. The zero-order valence-electron chi connectivity index (χ0n) is 10.3. The van der Waals surface area contributed by atoms with Crippen LogP contribution in [0.1, 0.15) is 54.4 Å². The molecule has 0 bridgehead atoms. The first kappa shape index (κ1) is 13.5. The summed E-state index contributed by atoms with van der Waals surface area (Å²) in [5, 5.41) is 9.11. The molecular formula is C12H24O2. The van der Waals surface area contributed by atoms with Gasteiger partial charge in [0.2, 0.25) is 0 Å². The first-order chi connectivity index (χ1) is 6.04. The number of aliphatic carboxylic acids is 1. The second-order valence-corrected chi connectivity index (χ2v) is 6.36. The molecule has 0 rings (SSSR count).